The van der Waals surface area contributed by atoms with Crippen molar-refractivity contribution >= 4 is 6.08 Å². The second-order valence-electron chi connectivity index (χ2n) is 4.04. The first kappa shape index (κ1) is 13.0. The van der Waals surface area contributed by atoms with Crippen LogP contribution >= 0.6 is 0 Å². The first-order valence-corrected chi connectivity index (χ1v) is 6.13. The molecule has 0 aliphatic rings. The lowest BCUT2D eigenvalue weighted by molar-refractivity contribution is 0.131. The highest BCUT2D eigenvalue weighted by Gasteiger charge is 2.01. The van der Waals surface area contributed by atoms with Crippen LogP contribution in [0.2, 0.25) is 0 Å². The second kappa shape index (κ2) is 8.12. The van der Waals surface area contributed by atoms with Crippen LogP contribution in [0.1, 0.15) is 38.2 Å². The van der Waals surface area contributed by atoms with E-state index in [9.17, 15) is 0 Å². The van der Waals surface area contributed by atoms with Crippen molar-refractivity contribution in [3.05, 3.63) is 42.0 Å². The smallest absolute Gasteiger partial charge is 0.0755 e. The van der Waals surface area contributed by atoms with E-state index < -0.39 is 0 Å². The molecule has 88 valence electrons. The molecule has 0 aromatic heterocycles. The number of hydrogen-bond donors (Lipinski definition) is 0. The summed E-state index contributed by atoms with van der Waals surface area (Å²) in [6.07, 6.45) is 9.47. The predicted octanol–water partition coefficient (Wildman–Crippen LogP) is 4.30. The van der Waals surface area contributed by atoms with Crippen molar-refractivity contribution in [2.45, 2.75) is 38.7 Å². The molecule has 1 nitrogen and oxygen atoms in total. The van der Waals surface area contributed by atoms with Gasteiger partial charge in [0.15, 0.2) is 0 Å². The molecule has 0 aliphatic carbocycles. The van der Waals surface area contributed by atoms with E-state index in [1.54, 1.807) is 7.11 Å². The number of hydrogen-bond acceptors (Lipinski definition) is 1. The summed E-state index contributed by atoms with van der Waals surface area (Å²) in [5.41, 5.74) is 1.24. The molecule has 0 radical (unpaired) electrons. The maximum absolute atomic E-state index is 5.43. The summed E-state index contributed by atoms with van der Waals surface area (Å²) >= 11 is 0. The van der Waals surface area contributed by atoms with E-state index in [1.165, 1.54) is 24.8 Å². The highest BCUT2D eigenvalue weighted by Crippen LogP contribution is 2.09. The average molecular weight is 218 g/mol. The predicted molar refractivity (Wildman–Crippen MR) is 70.4 cm³/mol. The van der Waals surface area contributed by atoms with Crippen LogP contribution in [-0.2, 0) is 4.74 Å². The minimum Gasteiger partial charge on any atom is -0.377 e. The number of ether oxygens (including phenoxy) is 1. The maximum Gasteiger partial charge on any atom is 0.0755 e. The fourth-order valence-corrected chi connectivity index (χ4v) is 1.67. The molecule has 0 aliphatic heterocycles. The van der Waals surface area contributed by atoms with E-state index in [0.29, 0.717) is 0 Å². The van der Waals surface area contributed by atoms with Crippen LogP contribution in [0.25, 0.3) is 6.08 Å². The molecule has 1 rings (SSSR count). The Morgan fingerprint density at radius 1 is 1.19 bits per heavy atom. The van der Waals surface area contributed by atoms with Crippen LogP contribution < -0.4 is 0 Å². The summed E-state index contributed by atoms with van der Waals surface area (Å²) in [6.45, 7) is 2.22. The van der Waals surface area contributed by atoms with E-state index in [4.69, 9.17) is 4.74 Å². The number of benzene rings is 1. The van der Waals surface area contributed by atoms with E-state index in [-0.39, 0.29) is 6.10 Å². The highest BCUT2D eigenvalue weighted by molar-refractivity contribution is 5.49. The van der Waals surface area contributed by atoms with Crippen LogP contribution in [0.15, 0.2) is 36.4 Å². The minimum atomic E-state index is 0.256. The van der Waals surface area contributed by atoms with Crippen LogP contribution in [0.5, 0.6) is 0 Å². The largest absolute Gasteiger partial charge is 0.377 e. The van der Waals surface area contributed by atoms with E-state index in [0.717, 1.165) is 6.42 Å². The summed E-state index contributed by atoms with van der Waals surface area (Å²) in [7, 11) is 1.78. The highest BCUT2D eigenvalue weighted by atomic mass is 16.5. The quantitative estimate of drug-likeness (QED) is 0.620. The number of methoxy groups -OCH3 is 1. The van der Waals surface area contributed by atoms with Crippen LogP contribution in [-0.4, -0.2) is 13.2 Å². The van der Waals surface area contributed by atoms with Crippen molar-refractivity contribution in [2.75, 3.05) is 7.11 Å². The Balaban J connectivity index is 2.40. The van der Waals surface area contributed by atoms with Crippen LogP contribution in [0.3, 0.4) is 0 Å². The van der Waals surface area contributed by atoms with Gasteiger partial charge in [0.2, 0.25) is 0 Å². The SMILES string of the molecule is CCCCCC(/C=C/c1ccccc1)OC. The van der Waals surface area contributed by atoms with Gasteiger partial charge in [-0.25, -0.2) is 0 Å². The fourth-order valence-electron chi connectivity index (χ4n) is 1.67. The molecule has 1 aromatic carbocycles. The van der Waals surface area contributed by atoms with Gasteiger partial charge in [-0.3, -0.25) is 0 Å². The third-order valence-electron chi connectivity index (χ3n) is 2.70. The molecule has 0 N–H and O–H groups in total. The molecule has 0 saturated heterocycles. The Bertz CT molecular complexity index is 290. The zero-order valence-corrected chi connectivity index (χ0v) is 10.4. The molecule has 0 spiro atoms. The van der Waals surface area contributed by atoms with Crippen molar-refractivity contribution in [3.8, 4) is 0 Å². The molecule has 1 unspecified atom stereocenters. The van der Waals surface area contributed by atoms with Crippen LogP contribution in [0, 0.1) is 0 Å². The van der Waals surface area contributed by atoms with Gasteiger partial charge in [-0.1, -0.05) is 68.7 Å². The van der Waals surface area contributed by atoms with Crippen molar-refractivity contribution in [1.82, 2.24) is 0 Å². The minimum absolute atomic E-state index is 0.256. The van der Waals surface area contributed by atoms with E-state index in [1.807, 2.05) is 6.07 Å². The van der Waals surface area contributed by atoms with E-state index in [2.05, 4.69) is 43.3 Å². The Kier molecular flexibility index (Phi) is 6.59. The molecule has 16 heavy (non-hydrogen) atoms. The zero-order chi connectivity index (χ0) is 11.6. The van der Waals surface area contributed by atoms with Gasteiger partial charge in [-0.05, 0) is 12.0 Å². The maximum atomic E-state index is 5.43. The standard InChI is InChI=1S/C15H22O/c1-3-4-6-11-15(16-2)13-12-14-9-7-5-8-10-14/h5,7-10,12-13,15H,3-4,6,11H2,1-2H3/b13-12+. The molecule has 1 heteroatoms. The van der Waals surface area contributed by atoms with Gasteiger partial charge >= 0.3 is 0 Å². The Labute approximate surface area is 99.1 Å². The van der Waals surface area contributed by atoms with Gasteiger partial charge in [0.25, 0.3) is 0 Å². The summed E-state index contributed by atoms with van der Waals surface area (Å²) < 4.78 is 5.43. The van der Waals surface area contributed by atoms with Gasteiger partial charge in [0.1, 0.15) is 0 Å². The lowest BCUT2D eigenvalue weighted by Gasteiger charge is -2.09. The molecular formula is C15H22O. The summed E-state index contributed by atoms with van der Waals surface area (Å²) in [5, 5.41) is 0. The Hall–Kier alpha value is -1.08. The Morgan fingerprint density at radius 3 is 2.56 bits per heavy atom. The number of unbranched alkanes of at least 4 members (excludes halogenated alkanes) is 2. The second-order valence-corrected chi connectivity index (χ2v) is 4.04. The molecule has 0 bridgehead atoms. The summed E-state index contributed by atoms with van der Waals surface area (Å²) in [6, 6.07) is 10.4. The fraction of sp³-hybridized carbons (Fsp3) is 0.467. The lowest BCUT2D eigenvalue weighted by atomic mass is 10.1. The lowest BCUT2D eigenvalue weighted by Crippen LogP contribution is -2.06. The molecule has 0 amide bonds. The summed E-state index contributed by atoms with van der Waals surface area (Å²) in [4.78, 5) is 0. The van der Waals surface area contributed by atoms with Crippen molar-refractivity contribution in [2.24, 2.45) is 0 Å². The molecule has 0 saturated carbocycles. The van der Waals surface area contributed by atoms with Gasteiger partial charge in [0, 0.05) is 7.11 Å². The molecular weight excluding hydrogens is 196 g/mol. The molecule has 1 atom stereocenters. The van der Waals surface area contributed by atoms with Gasteiger partial charge in [-0.2, -0.15) is 0 Å². The van der Waals surface area contributed by atoms with Gasteiger partial charge < -0.3 is 4.74 Å². The topological polar surface area (TPSA) is 9.23 Å². The van der Waals surface area contributed by atoms with Crippen molar-refractivity contribution in [1.29, 1.82) is 0 Å². The molecule has 0 fully saturated rings. The van der Waals surface area contributed by atoms with Crippen molar-refractivity contribution < 1.29 is 4.74 Å². The first-order valence-electron chi connectivity index (χ1n) is 6.13. The zero-order valence-electron chi connectivity index (χ0n) is 10.4. The monoisotopic (exact) mass is 218 g/mol. The van der Waals surface area contributed by atoms with Gasteiger partial charge in [-0.15, -0.1) is 0 Å². The first-order chi connectivity index (χ1) is 7.86. The average Bonchev–Trinajstić information content (AvgIpc) is 2.35. The third-order valence-corrected chi connectivity index (χ3v) is 2.70. The van der Waals surface area contributed by atoms with Crippen molar-refractivity contribution in [3.63, 3.8) is 0 Å². The van der Waals surface area contributed by atoms with Gasteiger partial charge in [0.05, 0.1) is 6.10 Å². The third kappa shape index (κ3) is 5.13. The molecule has 0 heterocycles. The Morgan fingerprint density at radius 2 is 1.94 bits per heavy atom. The summed E-state index contributed by atoms with van der Waals surface area (Å²) in [5.74, 6) is 0. The van der Waals surface area contributed by atoms with E-state index >= 15 is 0 Å². The number of rotatable bonds is 7. The normalized spacial score (nSPS) is 13.1. The van der Waals surface area contributed by atoms with Crippen LogP contribution in [0.4, 0.5) is 0 Å². The molecule has 1 aromatic rings.